The number of carboxylic acids is 1. The molecule has 0 radical (unpaired) electrons. The van der Waals surface area contributed by atoms with Crippen LogP contribution < -0.4 is 10.1 Å². The fourth-order valence-corrected chi connectivity index (χ4v) is 3.44. The molecule has 1 heterocycles. The topological polar surface area (TPSA) is 93.5 Å². The number of nitrogens with one attached hydrogen (secondary N) is 1. The van der Waals surface area contributed by atoms with Crippen molar-refractivity contribution in [2.24, 2.45) is 0 Å². The van der Waals surface area contributed by atoms with Gasteiger partial charge < -0.3 is 15.2 Å². The Bertz CT molecular complexity index is 1040. The zero-order valence-corrected chi connectivity index (χ0v) is 16.8. The van der Waals surface area contributed by atoms with Gasteiger partial charge in [-0.05, 0) is 38.0 Å². The van der Waals surface area contributed by atoms with Gasteiger partial charge in [-0.25, -0.2) is 4.79 Å². The summed E-state index contributed by atoms with van der Waals surface area (Å²) in [5, 5.41) is 17.8. The van der Waals surface area contributed by atoms with E-state index in [0.29, 0.717) is 17.1 Å². The van der Waals surface area contributed by atoms with Crippen LogP contribution in [-0.2, 0) is 4.79 Å². The Hall–Kier alpha value is -3.35. The van der Waals surface area contributed by atoms with Gasteiger partial charge in [0.05, 0.1) is 6.04 Å². The third-order valence-corrected chi connectivity index (χ3v) is 4.93. The Morgan fingerprint density at radius 1 is 1.14 bits per heavy atom. The van der Waals surface area contributed by atoms with Gasteiger partial charge in [-0.2, -0.15) is 5.10 Å². The number of carbonyl (C=O) groups is 2. The molecule has 7 heteroatoms. The molecule has 1 amide bonds. The number of hydrogen-bond acceptors (Lipinski definition) is 4. The molecule has 0 saturated heterocycles. The Kier molecular flexibility index (Phi) is 6.16. The Morgan fingerprint density at radius 3 is 2.48 bits per heavy atom. The van der Waals surface area contributed by atoms with E-state index >= 15 is 0 Å². The maximum atomic E-state index is 12.8. The average molecular weight is 395 g/mol. The molecule has 3 rings (SSSR count). The summed E-state index contributed by atoms with van der Waals surface area (Å²) >= 11 is 0. The van der Waals surface area contributed by atoms with E-state index in [1.54, 1.807) is 18.2 Å². The Morgan fingerprint density at radius 2 is 1.83 bits per heavy atom. The molecule has 0 unspecified atom stereocenters. The van der Waals surface area contributed by atoms with Gasteiger partial charge in [0.1, 0.15) is 5.75 Å². The van der Waals surface area contributed by atoms with Gasteiger partial charge >= 0.3 is 5.97 Å². The summed E-state index contributed by atoms with van der Waals surface area (Å²) in [4.78, 5) is 23.6. The maximum Gasteiger partial charge on any atom is 0.341 e. The van der Waals surface area contributed by atoms with Gasteiger partial charge in [-0.1, -0.05) is 38.1 Å². The summed E-state index contributed by atoms with van der Waals surface area (Å²) in [6.07, 6.45) is 1.89. The lowest BCUT2D eigenvalue weighted by Crippen LogP contribution is -2.15. The van der Waals surface area contributed by atoms with E-state index in [1.165, 1.54) is 0 Å². The smallest absolute Gasteiger partial charge is 0.341 e. The first-order valence-electron chi connectivity index (χ1n) is 9.68. The van der Waals surface area contributed by atoms with Gasteiger partial charge in [0.2, 0.25) is 0 Å². The second kappa shape index (κ2) is 8.77. The van der Waals surface area contributed by atoms with Crippen molar-refractivity contribution < 1.29 is 19.4 Å². The number of nitrogens with zero attached hydrogens (tertiary/aromatic N) is 2. The van der Waals surface area contributed by atoms with Crippen LogP contribution in [0.15, 0.2) is 42.5 Å². The number of aromatic nitrogens is 2. The molecule has 7 nitrogen and oxygen atoms in total. The van der Waals surface area contributed by atoms with E-state index in [1.807, 2.05) is 35.9 Å². The van der Waals surface area contributed by atoms with Crippen molar-refractivity contribution in [2.75, 3.05) is 11.9 Å². The summed E-state index contributed by atoms with van der Waals surface area (Å²) in [5.74, 6) is -0.883. The minimum atomic E-state index is -1.05. The SMILES string of the molecule is CCC(CC)n1nc(C(=O)Nc2ccc(OCC(=O)O)c3ccccc23)cc1C. The number of rotatable bonds is 8. The number of amides is 1. The second-order valence-corrected chi connectivity index (χ2v) is 6.88. The van der Waals surface area contributed by atoms with E-state index in [4.69, 9.17) is 9.84 Å². The van der Waals surface area contributed by atoms with Crippen LogP contribution in [-0.4, -0.2) is 33.4 Å². The van der Waals surface area contributed by atoms with Crippen LogP contribution in [0.4, 0.5) is 5.69 Å². The third kappa shape index (κ3) is 4.39. The number of aryl methyl sites for hydroxylation is 1. The highest BCUT2D eigenvalue weighted by molar-refractivity contribution is 6.09. The number of anilines is 1. The van der Waals surface area contributed by atoms with Crippen LogP contribution in [0.2, 0.25) is 0 Å². The van der Waals surface area contributed by atoms with Crippen LogP contribution in [0.1, 0.15) is 48.9 Å². The zero-order chi connectivity index (χ0) is 21.0. The molecular weight excluding hydrogens is 370 g/mol. The number of carbonyl (C=O) groups excluding carboxylic acids is 1. The Labute approximate surface area is 169 Å². The second-order valence-electron chi connectivity index (χ2n) is 6.88. The monoisotopic (exact) mass is 395 g/mol. The molecule has 152 valence electrons. The highest BCUT2D eigenvalue weighted by atomic mass is 16.5. The molecule has 0 fully saturated rings. The lowest BCUT2D eigenvalue weighted by molar-refractivity contribution is -0.139. The van der Waals surface area contributed by atoms with Crippen LogP contribution in [0, 0.1) is 6.92 Å². The zero-order valence-electron chi connectivity index (χ0n) is 16.8. The number of ether oxygens (including phenoxy) is 1. The van der Waals surface area contributed by atoms with Crippen molar-refractivity contribution in [2.45, 2.75) is 39.7 Å². The van der Waals surface area contributed by atoms with Gasteiger partial charge in [0, 0.05) is 22.2 Å². The molecule has 2 N–H and O–H groups in total. The molecule has 1 aromatic heterocycles. The number of aliphatic carboxylic acids is 1. The fourth-order valence-electron chi connectivity index (χ4n) is 3.44. The van der Waals surface area contributed by atoms with Crippen molar-refractivity contribution in [1.29, 1.82) is 0 Å². The molecular formula is C22H25N3O4. The summed E-state index contributed by atoms with van der Waals surface area (Å²) in [5.41, 5.74) is 1.93. The van der Waals surface area contributed by atoms with Crippen LogP contribution in [0.25, 0.3) is 10.8 Å². The molecule has 0 atom stereocenters. The molecule has 0 aliphatic rings. The van der Waals surface area contributed by atoms with E-state index in [2.05, 4.69) is 24.3 Å². The number of fused-ring (bicyclic) bond motifs is 1. The Balaban J connectivity index is 1.89. The van der Waals surface area contributed by atoms with Gasteiger partial charge in [0.15, 0.2) is 12.3 Å². The van der Waals surface area contributed by atoms with E-state index in [-0.39, 0.29) is 11.9 Å². The van der Waals surface area contributed by atoms with Gasteiger partial charge in [-0.3, -0.25) is 9.48 Å². The van der Waals surface area contributed by atoms with E-state index in [0.717, 1.165) is 29.3 Å². The molecule has 0 bridgehead atoms. The van der Waals surface area contributed by atoms with E-state index in [9.17, 15) is 9.59 Å². The summed E-state index contributed by atoms with van der Waals surface area (Å²) in [6, 6.07) is 12.8. The van der Waals surface area contributed by atoms with Crippen LogP contribution in [0.5, 0.6) is 5.75 Å². The summed E-state index contributed by atoms with van der Waals surface area (Å²) in [6.45, 7) is 5.73. The molecule has 29 heavy (non-hydrogen) atoms. The lowest BCUT2D eigenvalue weighted by atomic mass is 10.1. The molecule has 0 saturated carbocycles. The van der Waals surface area contributed by atoms with Gasteiger partial charge in [-0.15, -0.1) is 0 Å². The highest BCUT2D eigenvalue weighted by Crippen LogP contribution is 2.32. The van der Waals surface area contributed by atoms with Crippen LogP contribution >= 0.6 is 0 Å². The van der Waals surface area contributed by atoms with Crippen molar-refractivity contribution in [3.63, 3.8) is 0 Å². The van der Waals surface area contributed by atoms with Gasteiger partial charge in [0.25, 0.3) is 5.91 Å². The largest absolute Gasteiger partial charge is 0.481 e. The normalized spacial score (nSPS) is 11.0. The lowest BCUT2D eigenvalue weighted by Gasteiger charge is -2.15. The minimum absolute atomic E-state index is 0.267. The predicted molar refractivity (Wildman–Crippen MR) is 112 cm³/mol. The predicted octanol–water partition coefficient (Wildman–Crippen LogP) is 4.42. The molecule has 3 aromatic rings. The average Bonchev–Trinajstić information content (AvgIpc) is 3.10. The van der Waals surface area contributed by atoms with Crippen molar-refractivity contribution >= 4 is 28.3 Å². The standard InChI is InChI=1S/C22H25N3O4/c1-4-15(5-2)25-14(3)12-19(24-25)22(28)23-18-10-11-20(29-13-21(26)27)17-9-7-6-8-16(17)18/h6-12,15H,4-5,13H2,1-3H3,(H,23,28)(H,26,27). The fraction of sp³-hybridized carbons (Fsp3) is 0.318. The first-order chi connectivity index (χ1) is 13.9. The quantitative estimate of drug-likeness (QED) is 0.589. The minimum Gasteiger partial charge on any atom is -0.481 e. The third-order valence-electron chi connectivity index (χ3n) is 4.93. The number of benzene rings is 2. The molecule has 0 aliphatic carbocycles. The number of carboxylic acid groups (broad SMARTS) is 1. The summed E-state index contributed by atoms with van der Waals surface area (Å²) in [7, 11) is 0. The molecule has 2 aromatic carbocycles. The maximum absolute atomic E-state index is 12.8. The van der Waals surface area contributed by atoms with E-state index < -0.39 is 12.6 Å². The first-order valence-corrected chi connectivity index (χ1v) is 9.68. The molecule has 0 spiro atoms. The van der Waals surface area contributed by atoms with Crippen molar-refractivity contribution in [1.82, 2.24) is 9.78 Å². The first kappa shape index (κ1) is 20.4. The highest BCUT2D eigenvalue weighted by Gasteiger charge is 2.18. The number of hydrogen-bond donors (Lipinski definition) is 2. The molecule has 0 aliphatic heterocycles. The van der Waals surface area contributed by atoms with Crippen molar-refractivity contribution in [3.8, 4) is 5.75 Å². The summed E-state index contributed by atoms with van der Waals surface area (Å²) < 4.78 is 7.28. The van der Waals surface area contributed by atoms with Crippen molar-refractivity contribution in [3.05, 3.63) is 53.9 Å². The van der Waals surface area contributed by atoms with Crippen LogP contribution in [0.3, 0.4) is 0 Å².